The summed E-state index contributed by atoms with van der Waals surface area (Å²) in [5, 5.41) is 0. The highest BCUT2D eigenvalue weighted by molar-refractivity contribution is 5.71. The van der Waals surface area contributed by atoms with Crippen LogP contribution in [0.5, 0.6) is 0 Å². The average molecular weight is 1160 g/mol. The van der Waals surface area contributed by atoms with Gasteiger partial charge in [0.1, 0.15) is 13.2 Å². The predicted molar refractivity (Wildman–Crippen MR) is 362 cm³/mol. The molecular formula is C77H136O6. The van der Waals surface area contributed by atoms with Gasteiger partial charge in [-0.25, -0.2) is 0 Å². The summed E-state index contributed by atoms with van der Waals surface area (Å²) in [7, 11) is 0. The smallest absolute Gasteiger partial charge is 0.306 e. The van der Waals surface area contributed by atoms with Gasteiger partial charge in [-0.2, -0.15) is 0 Å². The van der Waals surface area contributed by atoms with Crippen LogP contribution >= 0.6 is 0 Å². The Morgan fingerprint density at radius 3 is 0.771 bits per heavy atom. The second kappa shape index (κ2) is 71.1. The van der Waals surface area contributed by atoms with E-state index in [1.54, 1.807) is 0 Å². The molecule has 0 saturated carbocycles. The van der Waals surface area contributed by atoms with E-state index in [1.807, 2.05) is 0 Å². The summed E-state index contributed by atoms with van der Waals surface area (Å²) in [6, 6.07) is 0. The third-order valence-electron chi connectivity index (χ3n) is 15.9. The van der Waals surface area contributed by atoms with Gasteiger partial charge in [-0.1, -0.05) is 318 Å². The number of ether oxygens (including phenoxy) is 3. The van der Waals surface area contributed by atoms with E-state index >= 15 is 0 Å². The Labute approximate surface area is 515 Å². The van der Waals surface area contributed by atoms with Crippen molar-refractivity contribution in [2.75, 3.05) is 13.2 Å². The first-order chi connectivity index (χ1) is 41.0. The molecule has 0 bridgehead atoms. The van der Waals surface area contributed by atoms with Crippen LogP contribution in [0, 0.1) is 0 Å². The van der Waals surface area contributed by atoms with Gasteiger partial charge in [0, 0.05) is 19.3 Å². The summed E-state index contributed by atoms with van der Waals surface area (Å²) in [6.45, 7) is 6.51. The Morgan fingerprint density at radius 1 is 0.253 bits per heavy atom. The zero-order chi connectivity index (χ0) is 59.9. The highest BCUT2D eigenvalue weighted by Gasteiger charge is 2.19. The van der Waals surface area contributed by atoms with Crippen LogP contribution in [0.15, 0.2) is 85.1 Å². The van der Waals surface area contributed by atoms with Crippen LogP contribution in [0.4, 0.5) is 0 Å². The maximum Gasteiger partial charge on any atom is 0.306 e. The molecule has 0 rings (SSSR count). The minimum atomic E-state index is -0.801. The molecule has 0 aromatic rings. The van der Waals surface area contributed by atoms with Crippen molar-refractivity contribution in [2.45, 2.75) is 374 Å². The van der Waals surface area contributed by atoms with Gasteiger partial charge in [-0.3, -0.25) is 14.4 Å². The van der Waals surface area contributed by atoms with E-state index in [1.165, 1.54) is 231 Å². The van der Waals surface area contributed by atoms with E-state index < -0.39 is 6.10 Å². The number of unbranched alkanes of at least 4 members (excludes halogenated alkanes) is 41. The highest BCUT2D eigenvalue weighted by atomic mass is 16.6. The molecule has 0 N–H and O–H groups in total. The van der Waals surface area contributed by atoms with Gasteiger partial charge in [-0.15, -0.1) is 0 Å². The van der Waals surface area contributed by atoms with Crippen LogP contribution in [0.3, 0.4) is 0 Å². The van der Waals surface area contributed by atoms with Gasteiger partial charge in [0.2, 0.25) is 0 Å². The number of rotatable bonds is 66. The van der Waals surface area contributed by atoms with Crippen LogP contribution in [-0.2, 0) is 28.6 Å². The molecule has 0 saturated heterocycles. The summed E-state index contributed by atoms with van der Waals surface area (Å²) in [6.07, 6.45) is 95.0. The maximum atomic E-state index is 12.9. The van der Waals surface area contributed by atoms with E-state index in [4.69, 9.17) is 14.2 Å². The number of carbonyl (C=O) groups is 3. The Balaban J connectivity index is 4.13. The highest BCUT2D eigenvalue weighted by Crippen LogP contribution is 2.18. The number of esters is 3. The Morgan fingerprint density at radius 2 is 0.470 bits per heavy atom. The quantitative estimate of drug-likeness (QED) is 0.0261. The molecule has 0 aliphatic heterocycles. The van der Waals surface area contributed by atoms with Gasteiger partial charge >= 0.3 is 17.9 Å². The number of hydrogen-bond donors (Lipinski definition) is 0. The Bertz CT molecular complexity index is 1570. The van der Waals surface area contributed by atoms with E-state index in [9.17, 15) is 14.4 Å². The third-order valence-corrected chi connectivity index (χ3v) is 15.9. The van der Waals surface area contributed by atoms with Gasteiger partial charge in [-0.05, 0) is 116 Å². The van der Waals surface area contributed by atoms with Crippen molar-refractivity contribution >= 4 is 17.9 Å². The van der Waals surface area contributed by atoms with E-state index in [0.717, 1.165) is 89.9 Å². The first-order valence-electron chi connectivity index (χ1n) is 36.1. The van der Waals surface area contributed by atoms with Crippen molar-refractivity contribution in [1.82, 2.24) is 0 Å². The van der Waals surface area contributed by atoms with Gasteiger partial charge in [0.25, 0.3) is 0 Å². The van der Waals surface area contributed by atoms with Crippen molar-refractivity contribution < 1.29 is 28.6 Å². The van der Waals surface area contributed by atoms with Crippen molar-refractivity contribution in [2.24, 2.45) is 0 Å². The lowest BCUT2D eigenvalue weighted by Gasteiger charge is -2.18. The monoisotopic (exact) mass is 1160 g/mol. The lowest BCUT2D eigenvalue weighted by molar-refractivity contribution is -0.167. The van der Waals surface area contributed by atoms with Crippen LogP contribution in [0.2, 0.25) is 0 Å². The van der Waals surface area contributed by atoms with E-state index in [2.05, 4.69) is 106 Å². The molecular weight excluding hydrogens is 1020 g/mol. The Hall–Kier alpha value is -3.41. The fourth-order valence-electron chi connectivity index (χ4n) is 10.5. The van der Waals surface area contributed by atoms with Crippen molar-refractivity contribution in [3.63, 3.8) is 0 Å². The zero-order valence-electron chi connectivity index (χ0n) is 55.2. The van der Waals surface area contributed by atoms with Crippen LogP contribution in [-0.4, -0.2) is 37.2 Å². The fraction of sp³-hybridized carbons (Fsp3) is 0.779. The molecule has 0 aromatic heterocycles. The summed E-state index contributed by atoms with van der Waals surface area (Å²) in [4.78, 5) is 38.3. The molecule has 83 heavy (non-hydrogen) atoms. The predicted octanol–water partition coefficient (Wildman–Crippen LogP) is 25.0. The van der Waals surface area contributed by atoms with Crippen molar-refractivity contribution in [3.8, 4) is 0 Å². The lowest BCUT2D eigenvalue weighted by Crippen LogP contribution is -2.30. The molecule has 0 aliphatic carbocycles. The molecule has 480 valence electrons. The minimum Gasteiger partial charge on any atom is -0.462 e. The molecule has 0 amide bonds. The normalized spacial score (nSPS) is 12.6. The first-order valence-corrected chi connectivity index (χ1v) is 36.1. The maximum absolute atomic E-state index is 12.9. The molecule has 0 aromatic carbocycles. The molecule has 0 radical (unpaired) electrons. The zero-order valence-corrected chi connectivity index (χ0v) is 55.2. The van der Waals surface area contributed by atoms with E-state index in [-0.39, 0.29) is 37.5 Å². The summed E-state index contributed by atoms with van der Waals surface area (Å²) in [5.74, 6) is -0.927. The molecule has 1 unspecified atom stereocenters. The summed E-state index contributed by atoms with van der Waals surface area (Å²) in [5.41, 5.74) is 0. The minimum absolute atomic E-state index is 0.0925. The molecule has 0 heterocycles. The van der Waals surface area contributed by atoms with Gasteiger partial charge < -0.3 is 14.2 Å². The molecule has 6 nitrogen and oxygen atoms in total. The largest absolute Gasteiger partial charge is 0.462 e. The van der Waals surface area contributed by atoms with Gasteiger partial charge in [0.15, 0.2) is 6.10 Å². The van der Waals surface area contributed by atoms with Crippen LogP contribution < -0.4 is 0 Å². The summed E-state index contributed by atoms with van der Waals surface area (Å²) >= 11 is 0. The topological polar surface area (TPSA) is 78.9 Å². The third kappa shape index (κ3) is 69.3. The number of allylic oxidation sites excluding steroid dienone is 14. The second-order valence-corrected chi connectivity index (χ2v) is 24.1. The fourth-order valence-corrected chi connectivity index (χ4v) is 10.5. The van der Waals surface area contributed by atoms with Crippen LogP contribution in [0.25, 0.3) is 0 Å². The molecule has 6 heteroatoms. The van der Waals surface area contributed by atoms with E-state index in [0.29, 0.717) is 19.3 Å². The summed E-state index contributed by atoms with van der Waals surface area (Å²) < 4.78 is 16.9. The molecule has 0 spiro atoms. The Kier molecular flexibility index (Phi) is 68.2. The standard InChI is InChI=1S/C77H136O6/c1-4-7-10-13-16-19-22-25-28-29-30-31-32-33-34-35-36-37-38-39-40-41-42-43-44-45-46-47-50-52-55-58-61-64-67-70-76(79)82-73-74(83-77(80)71-68-65-62-59-56-53-49-27-24-21-18-15-12-9-6-3)72-81-75(78)69-66-63-60-57-54-51-48-26-23-20-17-14-11-8-5-2/h9,12,18,21-22,25-27,29-30,48-49,56,59,74H,4-8,10-11,13-17,19-20,23-24,28,31-47,50-55,57-58,60-73H2,1-3H3/b12-9-,21-18-,25-22-,30-29-,48-26-,49-27-,59-56-. The first kappa shape index (κ1) is 79.6. The molecule has 0 fully saturated rings. The van der Waals surface area contributed by atoms with Crippen molar-refractivity contribution in [1.29, 1.82) is 0 Å². The van der Waals surface area contributed by atoms with Crippen LogP contribution in [0.1, 0.15) is 367 Å². The lowest BCUT2D eigenvalue weighted by atomic mass is 10.0. The number of carbonyl (C=O) groups excluding carboxylic acids is 3. The molecule has 1 atom stereocenters. The molecule has 0 aliphatic rings. The SMILES string of the molecule is CC/C=C\C/C=C\C/C=C\C/C=C\CCCCC(=O)OC(COC(=O)CCCCCCC/C=C\CCCCCCCC)COC(=O)CCCCCCCCCCCCCCCCCCCCCCCCC/C=C\C/C=C\CCCCCCC. The average Bonchev–Trinajstić information content (AvgIpc) is 3.50. The van der Waals surface area contributed by atoms with Crippen molar-refractivity contribution in [3.05, 3.63) is 85.1 Å². The second-order valence-electron chi connectivity index (χ2n) is 24.1. The number of hydrogen-bond acceptors (Lipinski definition) is 6. The van der Waals surface area contributed by atoms with Gasteiger partial charge in [0.05, 0.1) is 0 Å².